The number of hydrogen-bond acceptors (Lipinski definition) is 7. The molecule has 0 amide bonds. The Bertz CT molecular complexity index is 1410. The second-order valence-corrected chi connectivity index (χ2v) is 8.43. The van der Waals surface area contributed by atoms with Crippen LogP contribution in [0.5, 0.6) is 0 Å². The maximum Gasteiger partial charge on any atom is 0.255 e. The van der Waals surface area contributed by atoms with Gasteiger partial charge in [-0.2, -0.15) is 0 Å². The summed E-state index contributed by atoms with van der Waals surface area (Å²) in [7, 11) is 0. The largest absolute Gasteiger partial charge is 0.464 e. The number of rotatable bonds is 4. The zero-order chi connectivity index (χ0) is 22.2. The van der Waals surface area contributed by atoms with E-state index in [0.29, 0.717) is 65.5 Å². The Kier molecular flexibility index (Phi) is 5.14. The summed E-state index contributed by atoms with van der Waals surface area (Å²) in [5.41, 5.74) is 4.15. The van der Waals surface area contributed by atoms with E-state index in [2.05, 4.69) is 38.7 Å². The molecule has 8 nitrogen and oxygen atoms in total. The normalized spacial score (nSPS) is 14.1. The molecule has 1 aromatic carbocycles. The molecular formula is C24H23N5O3. The number of nitrogens with zero attached hydrogens (tertiary/aromatic N) is 4. The van der Waals surface area contributed by atoms with Crippen molar-refractivity contribution in [1.82, 2.24) is 24.8 Å². The summed E-state index contributed by atoms with van der Waals surface area (Å²) in [6.45, 7) is 5.72. The molecule has 3 aromatic heterocycles. The molecule has 0 fully saturated rings. The molecule has 0 aliphatic carbocycles. The Morgan fingerprint density at radius 1 is 1.19 bits per heavy atom. The molecular weight excluding hydrogens is 406 g/mol. The van der Waals surface area contributed by atoms with Crippen LogP contribution >= 0.6 is 0 Å². The molecule has 1 aliphatic rings. The Labute approximate surface area is 184 Å². The van der Waals surface area contributed by atoms with E-state index in [0.717, 1.165) is 11.3 Å². The molecule has 0 atom stereocenters. The van der Waals surface area contributed by atoms with Crippen molar-refractivity contribution in [1.29, 1.82) is 0 Å². The van der Waals surface area contributed by atoms with Crippen LogP contribution in [0.25, 0.3) is 22.4 Å². The molecule has 32 heavy (non-hydrogen) atoms. The van der Waals surface area contributed by atoms with Gasteiger partial charge in [-0.25, -0.2) is 15.0 Å². The first-order valence-electron chi connectivity index (χ1n) is 10.6. The van der Waals surface area contributed by atoms with Crippen LogP contribution in [0, 0.1) is 0 Å². The van der Waals surface area contributed by atoms with Crippen molar-refractivity contribution in [2.45, 2.75) is 39.3 Å². The summed E-state index contributed by atoms with van der Waals surface area (Å²) < 4.78 is 5.74. The number of fused-ring (bicyclic) bond motifs is 2. The maximum absolute atomic E-state index is 13.1. The second-order valence-electron chi connectivity index (χ2n) is 8.43. The van der Waals surface area contributed by atoms with E-state index in [1.807, 2.05) is 18.2 Å². The van der Waals surface area contributed by atoms with Crippen molar-refractivity contribution in [3.63, 3.8) is 0 Å². The highest BCUT2D eigenvalue weighted by atomic mass is 16.3. The molecule has 1 N–H and O–H groups in total. The highest BCUT2D eigenvalue weighted by molar-refractivity contribution is 5.77. The van der Waals surface area contributed by atoms with Crippen molar-refractivity contribution in [2.24, 2.45) is 0 Å². The van der Waals surface area contributed by atoms with Gasteiger partial charge in [0.15, 0.2) is 5.43 Å². The summed E-state index contributed by atoms with van der Waals surface area (Å²) in [6, 6.07) is 5.77. The third kappa shape index (κ3) is 3.73. The van der Waals surface area contributed by atoms with Crippen molar-refractivity contribution >= 4 is 11.0 Å². The Balaban J connectivity index is 1.42. The average Bonchev–Trinajstić information content (AvgIpc) is 2.81. The highest BCUT2D eigenvalue weighted by Crippen LogP contribution is 2.22. The van der Waals surface area contributed by atoms with Crippen LogP contribution in [-0.4, -0.2) is 31.4 Å². The SMILES string of the molecule is CC(C)c1ccc2occ(CN3CCc4nc(-c5cncnc5)[nH]c(=O)c4C3)c(=O)c2c1. The van der Waals surface area contributed by atoms with E-state index < -0.39 is 0 Å². The summed E-state index contributed by atoms with van der Waals surface area (Å²) >= 11 is 0. The molecule has 0 bridgehead atoms. The van der Waals surface area contributed by atoms with E-state index in [1.165, 1.54) is 12.6 Å². The van der Waals surface area contributed by atoms with Gasteiger partial charge in [0.25, 0.3) is 5.56 Å². The average molecular weight is 429 g/mol. The third-order valence-corrected chi connectivity index (χ3v) is 5.91. The number of aromatic nitrogens is 4. The Morgan fingerprint density at radius 3 is 2.78 bits per heavy atom. The molecule has 0 saturated carbocycles. The topological polar surface area (TPSA) is 105 Å². The minimum absolute atomic E-state index is 0.0222. The van der Waals surface area contributed by atoms with Crippen LogP contribution in [0.3, 0.4) is 0 Å². The molecule has 1 aliphatic heterocycles. The summed E-state index contributed by atoms with van der Waals surface area (Å²) in [5, 5.41) is 0.598. The number of nitrogens with one attached hydrogen (secondary N) is 1. The molecule has 0 radical (unpaired) electrons. The lowest BCUT2D eigenvalue weighted by Crippen LogP contribution is -2.36. The third-order valence-electron chi connectivity index (χ3n) is 5.91. The van der Waals surface area contributed by atoms with E-state index in [4.69, 9.17) is 4.42 Å². The zero-order valence-electron chi connectivity index (χ0n) is 18.0. The van der Waals surface area contributed by atoms with E-state index in [-0.39, 0.29) is 11.0 Å². The predicted molar refractivity (Wildman–Crippen MR) is 120 cm³/mol. The number of H-pyrrole nitrogens is 1. The van der Waals surface area contributed by atoms with Gasteiger partial charge in [-0.05, 0) is 23.6 Å². The minimum Gasteiger partial charge on any atom is -0.464 e. The fourth-order valence-electron chi connectivity index (χ4n) is 4.07. The number of benzene rings is 1. The van der Waals surface area contributed by atoms with Gasteiger partial charge in [0, 0.05) is 44.0 Å². The molecule has 5 rings (SSSR count). The van der Waals surface area contributed by atoms with Crippen molar-refractivity contribution in [3.8, 4) is 11.4 Å². The van der Waals surface area contributed by atoms with Crippen molar-refractivity contribution in [3.05, 3.63) is 86.1 Å². The molecule has 8 heteroatoms. The molecule has 162 valence electrons. The van der Waals surface area contributed by atoms with Crippen molar-refractivity contribution in [2.75, 3.05) is 6.54 Å². The van der Waals surface area contributed by atoms with Crippen LogP contribution < -0.4 is 11.0 Å². The fourth-order valence-corrected chi connectivity index (χ4v) is 4.07. The van der Waals surface area contributed by atoms with Crippen LogP contribution in [-0.2, 0) is 19.5 Å². The van der Waals surface area contributed by atoms with Crippen LogP contribution in [0.1, 0.15) is 42.1 Å². The summed E-state index contributed by atoms with van der Waals surface area (Å²) in [4.78, 5) is 43.4. The standard InChI is InChI=1S/C24H23N5O3/c1-14(2)15-3-4-21-18(7-15)22(30)17(12-32-21)10-29-6-5-20-19(11-29)24(31)28-23(27-20)16-8-25-13-26-9-16/h3-4,7-9,12-14H,5-6,10-11H2,1-2H3,(H,27,28,31). The first-order valence-corrected chi connectivity index (χ1v) is 10.6. The second kappa shape index (κ2) is 8.12. The predicted octanol–water partition coefficient (Wildman–Crippen LogP) is 3.02. The van der Waals surface area contributed by atoms with Crippen molar-refractivity contribution < 1.29 is 4.42 Å². The van der Waals surface area contributed by atoms with Gasteiger partial charge >= 0.3 is 0 Å². The Morgan fingerprint density at radius 2 is 2.00 bits per heavy atom. The lowest BCUT2D eigenvalue weighted by atomic mass is 10.0. The van der Waals surface area contributed by atoms with E-state index in [1.54, 1.807) is 12.4 Å². The van der Waals surface area contributed by atoms with E-state index >= 15 is 0 Å². The van der Waals surface area contributed by atoms with Crippen LogP contribution in [0.2, 0.25) is 0 Å². The summed E-state index contributed by atoms with van der Waals surface area (Å²) in [6.07, 6.45) is 6.84. The zero-order valence-corrected chi connectivity index (χ0v) is 18.0. The molecule has 0 spiro atoms. The first-order chi connectivity index (χ1) is 15.5. The van der Waals surface area contributed by atoms with Crippen LogP contribution in [0.4, 0.5) is 0 Å². The lowest BCUT2D eigenvalue weighted by Gasteiger charge is -2.27. The molecule has 4 aromatic rings. The van der Waals surface area contributed by atoms with Gasteiger partial charge < -0.3 is 9.40 Å². The smallest absolute Gasteiger partial charge is 0.255 e. The Hall–Kier alpha value is -3.65. The van der Waals surface area contributed by atoms with Gasteiger partial charge in [-0.1, -0.05) is 19.9 Å². The van der Waals surface area contributed by atoms with Gasteiger partial charge in [0.2, 0.25) is 0 Å². The molecule has 0 unspecified atom stereocenters. The molecule has 4 heterocycles. The minimum atomic E-state index is -0.175. The maximum atomic E-state index is 13.1. The highest BCUT2D eigenvalue weighted by Gasteiger charge is 2.23. The lowest BCUT2D eigenvalue weighted by molar-refractivity contribution is 0.239. The fraction of sp³-hybridized carbons (Fsp3) is 0.292. The number of aromatic amines is 1. The monoisotopic (exact) mass is 429 g/mol. The quantitative estimate of drug-likeness (QED) is 0.532. The first kappa shape index (κ1) is 20.3. The van der Waals surface area contributed by atoms with Gasteiger partial charge in [0.1, 0.15) is 17.7 Å². The molecule has 0 saturated heterocycles. The van der Waals surface area contributed by atoms with Gasteiger partial charge in [0.05, 0.1) is 28.5 Å². The number of hydrogen-bond donors (Lipinski definition) is 1. The van der Waals surface area contributed by atoms with Crippen LogP contribution in [0.15, 0.2) is 57.2 Å². The van der Waals surface area contributed by atoms with Gasteiger partial charge in [-0.3, -0.25) is 14.5 Å². The van der Waals surface area contributed by atoms with E-state index in [9.17, 15) is 9.59 Å². The van der Waals surface area contributed by atoms with Gasteiger partial charge in [-0.15, -0.1) is 0 Å². The summed E-state index contributed by atoms with van der Waals surface area (Å²) in [5.74, 6) is 0.798.